The fourth-order valence-electron chi connectivity index (χ4n) is 0. The third kappa shape index (κ3) is 54.2. The van der Waals surface area contributed by atoms with Crippen LogP contribution in [0, 0.1) is 0 Å². The first-order valence-corrected chi connectivity index (χ1v) is 0. The van der Waals surface area contributed by atoms with Crippen molar-refractivity contribution < 1.29 is 114 Å². The Balaban J connectivity index is 0. The van der Waals surface area contributed by atoms with Crippen molar-refractivity contribution in [3.63, 3.8) is 0 Å². The van der Waals surface area contributed by atoms with Gasteiger partial charge < -0.3 is 0 Å². The van der Waals surface area contributed by atoms with Crippen molar-refractivity contribution in [1.82, 2.24) is 0 Å². The van der Waals surface area contributed by atoms with Gasteiger partial charge in [0, 0.05) is 114 Å². The Hall–Kier alpha value is 6.37. The summed E-state index contributed by atoms with van der Waals surface area (Å²) >= 11 is 0. The molecule has 50 valence electrons. The van der Waals surface area contributed by atoms with E-state index in [-0.39, 0.29) is 198 Å². The van der Waals surface area contributed by atoms with E-state index in [0.29, 0.717) is 0 Å². The second kappa shape index (κ2) is 63.3. The van der Waals surface area contributed by atoms with Crippen molar-refractivity contribution in [3.05, 3.63) is 0 Å². The molecular weight excluding hydrogens is 1060 g/mol. The zero-order chi connectivity index (χ0) is 0. The predicted octanol–water partition coefficient (Wildman–Crippen LogP) is -4.21. The molecule has 0 fully saturated rings. The minimum Gasteiger partial charge on any atom is 0 e. The summed E-state index contributed by atoms with van der Waals surface area (Å²) in [5.74, 6) is 0. The van der Waals surface area contributed by atoms with Crippen LogP contribution >= 0.6 is 0 Å². The quantitative estimate of drug-likeness (QED) is 0.217. The van der Waals surface area contributed by atoms with E-state index in [1.54, 1.807) is 0 Å². The number of hydrogen-bond donors (Lipinski definition) is 0. The van der Waals surface area contributed by atoms with Crippen molar-refractivity contribution in [2.24, 2.45) is 0 Å². The maximum absolute atomic E-state index is 0. The van der Waals surface area contributed by atoms with Crippen molar-refractivity contribution in [2.45, 2.75) is 0 Å². The van der Waals surface area contributed by atoms with Gasteiger partial charge in [-0.15, -0.1) is 0 Å². The van der Waals surface area contributed by atoms with E-state index in [1.807, 2.05) is 0 Å². The molecule has 0 aromatic carbocycles. The summed E-state index contributed by atoms with van der Waals surface area (Å²) in [7, 11) is 0. The first-order valence-electron chi connectivity index (χ1n) is 0. The Bertz CT molecular complexity index is 28.5. The molecule has 9 heavy (non-hydrogen) atoms. The fourth-order valence-corrected chi connectivity index (χ4v) is 0. The summed E-state index contributed by atoms with van der Waals surface area (Å²) in [5, 5.41) is 0. The molecule has 0 bridgehead atoms. The standard InChI is InChI=1S/BH3.Nb.Pb.Sb.Sn.Ta.Ti.W.Zr.7H/h1H3;;;;;;;;;;;;;;;. The first-order chi connectivity index (χ1) is 0. The molecule has 0 aliphatic rings. The van der Waals surface area contributed by atoms with E-state index in [2.05, 4.69) is 0 Å². The van der Waals surface area contributed by atoms with Crippen LogP contribution in [0.5, 0.6) is 0 Å². The minimum atomic E-state index is 0. The van der Waals surface area contributed by atoms with E-state index in [1.165, 1.54) is 0 Å². The Morgan fingerprint density at radius 2 is 1.00 bits per heavy atom. The summed E-state index contributed by atoms with van der Waals surface area (Å²) in [4.78, 5) is 0. The van der Waals surface area contributed by atoms with Crippen molar-refractivity contribution in [2.75, 3.05) is 0 Å². The molecular formula is H10BNbPbSbSnTaTiWZr. The molecule has 0 saturated heterocycles. The van der Waals surface area contributed by atoms with Gasteiger partial charge in [-0.05, 0) is 0 Å². The second-order valence-electron chi connectivity index (χ2n) is 0. The summed E-state index contributed by atoms with van der Waals surface area (Å²) in [6.07, 6.45) is 0. The van der Waals surface area contributed by atoms with Gasteiger partial charge in [0.05, 0.1) is 8.41 Å². The molecule has 0 aromatic heterocycles. The molecule has 0 aliphatic carbocycles. The Labute approximate surface area is 193 Å². The SMILES string of the molecule is B.[Nb].[PbH2].[SbH3].[SnH2].[Ta].[Ti].[W].[Zr]. The Kier molecular flexibility index (Phi) is 550. The molecule has 0 amide bonds. The second-order valence-corrected chi connectivity index (χ2v) is 0. The summed E-state index contributed by atoms with van der Waals surface area (Å²) in [5.41, 5.74) is 0. The molecule has 0 saturated carbocycles. The molecule has 9 heteroatoms. The van der Waals surface area contributed by atoms with Gasteiger partial charge >= 0.3 is 75.6 Å². The maximum atomic E-state index is 0. The summed E-state index contributed by atoms with van der Waals surface area (Å²) in [6, 6.07) is 0. The maximum Gasteiger partial charge on any atom is 0 e. The van der Waals surface area contributed by atoms with Crippen LogP contribution in [0.4, 0.5) is 0 Å². The molecule has 0 heterocycles. The summed E-state index contributed by atoms with van der Waals surface area (Å²) in [6.45, 7) is 0. The number of rotatable bonds is 0. The molecule has 0 aliphatic heterocycles. The monoisotopic (exact) mass is 1070 g/mol. The van der Waals surface area contributed by atoms with Gasteiger partial charge in [-0.25, -0.2) is 0 Å². The smallest absolute Gasteiger partial charge is 0 e. The number of hydrogen-bond acceptors (Lipinski definition) is 0. The minimum absolute atomic E-state index is 0. The molecule has 0 aromatic rings. The van der Waals surface area contributed by atoms with Crippen LogP contribution in [0.2, 0.25) is 0 Å². The van der Waals surface area contributed by atoms with Crippen LogP contribution in [0.3, 0.4) is 0 Å². The van der Waals surface area contributed by atoms with Crippen LogP contribution in [-0.2, 0) is 114 Å². The third-order valence-corrected chi connectivity index (χ3v) is 0. The topological polar surface area (TPSA) is 0 Å². The van der Waals surface area contributed by atoms with Crippen molar-refractivity contribution in [3.8, 4) is 0 Å². The van der Waals surface area contributed by atoms with E-state index in [9.17, 15) is 0 Å². The van der Waals surface area contributed by atoms with Gasteiger partial charge in [-0.1, -0.05) is 0 Å². The Morgan fingerprint density at radius 1 is 1.00 bits per heavy atom. The van der Waals surface area contributed by atoms with E-state index >= 15 is 0 Å². The Morgan fingerprint density at radius 3 is 1.00 bits per heavy atom. The van der Waals surface area contributed by atoms with Gasteiger partial charge in [0.15, 0.2) is 0 Å². The molecule has 0 nitrogen and oxygen atoms in total. The largest absolute Gasteiger partial charge is 0 e. The molecule has 6 radical (unpaired) electrons. The first kappa shape index (κ1) is 78.2. The zero-order valence-corrected chi connectivity index (χ0v) is 30.4. The van der Waals surface area contributed by atoms with Crippen molar-refractivity contribution in [1.29, 1.82) is 0 Å². The predicted molar refractivity (Wildman–Crippen MR) is 37.0 cm³/mol. The summed E-state index contributed by atoms with van der Waals surface area (Å²) < 4.78 is 0. The average Bonchev–Trinajstić information content (AvgIpc) is 0. The van der Waals surface area contributed by atoms with Crippen LogP contribution < -0.4 is 0 Å². The van der Waals surface area contributed by atoms with E-state index in [4.69, 9.17) is 0 Å². The van der Waals surface area contributed by atoms with E-state index < -0.39 is 0 Å². The van der Waals surface area contributed by atoms with E-state index in [0.717, 1.165) is 0 Å². The van der Waals surface area contributed by atoms with Gasteiger partial charge in [0.2, 0.25) is 0 Å². The molecule has 0 rings (SSSR count). The molecule has 0 N–H and O–H groups in total. The fraction of sp³-hybridized carbons (Fsp3) is 0. The van der Waals surface area contributed by atoms with Crippen LogP contribution in [-0.4, -0.2) is 84.0 Å². The molecule has 0 spiro atoms. The van der Waals surface area contributed by atoms with Gasteiger partial charge in [-0.3, -0.25) is 0 Å². The van der Waals surface area contributed by atoms with Crippen LogP contribution in [0.15, 0.2) is 0 Å². The van der Waals surface area contributed by atoms with Gasteiger partial charge in [-0.2, -0.15) is 0 Å². The molecule has 0 atom stereocenters. The zero-order valence-electron chi connectivity index (χ0n) is 4.42. The van der Waals surface area contributed by atoms with Crippen LogP contribution in [0.1, 0.15) is 0 Å². The van der Waals surface area contributed by atoms with Crippen LogP contribution in [0.25, 0.3) is 0 Å². The van der Waals surface area contributed by atoms with Crippen molar-refractivity contribution >= 4 is 84.0 Å². The third-order valence-electron chi connectivity index (χ3n) is 0. The molecule has 0 unspecified atom stereocenters. The normalized spacial score (nSPS) is 0. The van der Waals surface area contributed by atoms with Gasteiger partial charge in [0.1, 0.15) is 0 Å². The van der Waals surface area contributed by atoms with Gasteiger partial charge in [0.25, 0.3) is 0 Å². The average molecular weight is 1070 g/mol.